The zero-order valence-corrected chi connectivity index (χ0v) is 13.7. The van der Waals surface area contributed by atoms with Gasteiger partial charge in [-0.05, 0) is 43.3 Å². The fourth-order valence-electron chi connectivity index (χ4n) is 2.26. The number of nitrogens with two attached hydrogens (primary N) is 1. The molecule has 0 saturated heterocycles. The molecule has 2 heteroatoms. The molecule has 20 heavy (non-hydrogen) atoms. The molecule has 0 aliphatic carbocycles. The summed E-state index contributed by atoms with van der Waals surface area (Å²) in [6, 6.07) is 10.6. The third-order valence-corrected chi connectivity index (χ3v) is 3.73. The monoisotopic (exact) mass is 276 g/mol. The Morgan fingerprint density at radius 2 is 1.40 bits per heavy atom. The molecule has 0 radical (unpaired) electrons. The van der Waals surface area contributed by atoms with E-state index >= 15 is 0 Å². The van der Waals surface area contributed by atoms with Crippen LogP contribution in [0.5, 0.6) is 0 Å². The van der Waals surface area contributed by atoms with Gasteiger partial charge in [-0.3, -0.25) is 0 Å². The van der Waals surface area contributed by atoms with Gasteiger partial charge in [0.25, 0.3) is 0 Å². The largest absolute Gasteiger partial charge is 0.323 e. The summed E-state index contributed by atoms with van der Waals surface area (Å²) in [5.41, 5.74) is 7.61. The summed E-state index contributed by atoms with van der Waals surface area (Å²) in [5.74, 6) is 1.51. The van der Waals surface area contributed by atoms with Gasteiger partial charge in [-0.2, -0.15) is 0 Å². The van der Waals surface area contributed by atoms with E-state index in [0.717, 1.165) is 31.5 Å². The quantitative estimate of drug-likeness (QED) is 0.736. The van der Waals surface area contributed by atoms with Gasteiger partial charge in [-0.1, -0.05) is 58.0 Å². The lowest BCUT2D eigenvalue weighted by Gasteiger charge is -2.27. The molecule has 0 amide bonds. The summed E-state index contributed by atoms with van der Waals surface area (Å²) < 4.78 is 0. The Hall–Kier alpha value is -0.860. The Kier molecular flexibility index (Phi) is 7.86. The fraction of sp³-hybridized carbons (Fsp3) is 0.667. The van der Waals surface area contributed by atoms with E-state index in [9.17, 15) is 0 Å². The molecule has 0 aromatic heterocycles. The van der Waals surface area contributed by atoms with Crippen LogP contribution in [0.4, 0.5) is 0 Å². The summed E-state index contributed by atoms with van der Waals surface area (Å²) >= 11 is 0. The molecular weight excluding hydrogens is 244 g/mol. The predicted octanol–water partition coefficient (Wildman–Crippen LogP) is 4.08. The van der Waals surface area contributed by atoms with Crippen molar-refractivity contribution in [1.82, 2.24) is 4.90 Å². The lowest BCUT2D eigenvalue weighted by Crippen LogP contribution is -2.34. The van der Waals surface area contributed by atoms with E-state index in [2.05, 4.69) is 56.9 Å². The highest BCUT2D eigenvalue weighted by atomic mass is 15.1. The Balaban J connectivity index is 2.53. The molecule has 0 aliphatic rings. The van der Waals surface area contributed by atoms with Gasteiger partial charge in [0.05, 0.1) is 0 Å². The van der Waals surface area contributed by atoms with Gasteiger partial charge in [0.2, 0.25) is 0 Å². The topological polar surface area (TPSA) is 29.3 Å². The van der Waals surface area contributed by atoms with Crippen LogP contribution in [0.1, 0.15) is 52.1 Å². The second-order valence-corrected chi connectivity index (χ2v) is 6.68. The lowest BCUT2D eigenvalue weighted by molar-refractivity contribution is 0.230. The van der Waals surface area contributed by atoms with Crippen LogP contribution >= 0.6 is 0 Å². The van der Waals surface area contributed by atoms with Crippen molar-refractivity contribution in [2.75, 3.05) is 19.6 Å². The zero-order chi connectivity index (χ0) is 15.0. The molecule has 1 rings (SSSR count). The molecule has 0 fully saturated rings. The van der Waals surface area contributed by atoms with Crippen LogP contribution in [0.3, 0.4) is 0 Å². The number of rotatable bonds is 9. The first-order chi connectivity index (χ1) is 9.49. The maximum absolute atomic E-state index is 6.37. The summed E-state index contributed by atoms with van der Waals surface area (Å²) in [6.07, 6.45) is 2.50. The summed E-state index contributed by atoms with van der Waals surface area (Å²) in [5, 5.41) is 0. The van der Waals surface area contributed by atoms with Crippen molar-refractivity contribution in [2.45, 2.75) is 46.6 Å². The molecule has 2 nitrogen and oxygen atoms in total. The summed E-state index contributed by atoms with van der Waals surface area (Å²) in [7, 11) is 0. The van der Waals surface area contributed by atoms with Gasteiger partial charge in [0.1, 0.15) is 0 Å². The average Bonchev–Trinajstić information content (AvgIpc) is 2.42. The second-order valence-electron chi connectivity index (χ2n) is 6.68. The van der Waals surface area contributed by atoms with Crippen molar-refractivity contribution in [2.24, 2.45) is 17.6 Å². The Labute approximate surface area is 125 Å². The van der Waals surface area contributed by atoms with Crippen LogP contribution in [0, 0.1) is 11.8 Å². The van der Waals surface area contributed by atoms with Gasteiger partial charge in [0.15, 0.2) is 0 Å². The predicted molar refractivity (Wildman–Crippen MR) is 88.7 cm³/mol. The normalized spacial score (nSPS) is 13.4. The molecule has 1 aromatic rings. The lowest BCUT2D eigenvalue weighted by atomic mass is 10.1. The van der Waals surface area contributed by atoms with E-state index in [4.69, 9.17) is 5.73 Å². The molecule has 1 aromatic carbocycles. The number of benzene rings is 1. The minimum Gasteiger partial charge on any atom is -0.323 e. The summed E-state index contributed by atoms with van der Waals surface area (Å²) in [4.78, 5) is 2.54. The third kappa shape index (κ3) is 7.06. The van der Waals surface area contributed by atoms with E-state index in [1.54, 1.807) is 0 Å². The minimum absolute atomic E-state index is 0.121. The van der Waals surface area contributed by atoms with Crippen LogP contribution in [0.2, 0.25) is 0 Å². The first-order valence-corrected chi connectivity index (χ1v) is 8.02. The molecular formula is C18H32N2. The highest BCUT2D eigenvalue weighted by Crippen LogP contribution is 2.14. The van der Waals surface area contributed by atoms with Crippen molar-refractivity contribution in [1.29, 1.82) is 0 Å². The van der Waals surface area contributed by atoms with E-state index in [1.165, 1.54) is 18.4 Å². The zero-order valence-electron chi connectivity index (χ0n) is 13.7. The molecule has 114 valence electrons. The van der Waals surface area contributed by atoms with Gasteiger partial charge in [-0.15, -0.1) is 0 Å². The van der Waals surface area contributed by atoms with Crippen molar-refractivity contribution in [3.8, 4) is 0 Å². The molecule has 0 saturated carbocycles. The minimum atomic E-state index is 0.121. The molecule has 0 heterocycles. The average molecular weight is 276 g/mol. The molecule has 1 unspecified atom stereocenters. The maximum Gasteiger partial charge on any atom is 0.0424 e. The smallest absolute Gasteiger partial charge is 0.0424 e. The standard InChI is InChI=1S/C18H32N2/c1-15(2)10-12-20(13-11-16(3)4)14-18(19)17-8-6-5-7-9-17/h5-9,15-16,18H,10-14,19H2,1-4H3. The van der Waals surface area contributed by atoms with Gasteiger partial charge >= 0.3 is 0 Å². The van der Waals surface area contributed by atoms with E-state index in [-0.39, 0.29) is 6.04 Å². The second kappa shape index (κ2) is 9.15. The van der Waals surface area contributed by atoms with Crippen LogP contribution in [0.25, 0.3) is 0 Å². The van der Waals surface area contributed by atoms with Gasteiger partial charge in [-0.25, -0.2) is 0 Å². The van der Waals surface area contributed by atoms with E-state index in [0.29, 0.717) is 0 Å². The van der Waals surface area contributed by atoms with Crippen LogP contribution in [0.15, 0.2) is 30.3 Å². The van der Waals surface area contributed by atoms with Crippen LogP contribution < -0.4 is 5.73 Å². The third-order valence-electron chi connectivity index (χ3n) is 3.73. The Bertz CT molecular complexity index is 334. The van der Waals surface area contributed by atoms with Crippen LogP contribution in [-0.4, -0.2) is 24.5 Å². The molecule has 2 N–H and O–H groups in total. The number of hydrogen-bond donors (Lipinski definition) is 1. The molecule has 0 aliphatic heterocycles. The molecule has 1 atom stereocenters. The van der Waals surface area contributed by atoms with Gasteiger partial charge in [0, 0.05) is 12.6 Å². The van der Waals surface area contributed by atoms with Gasteiger partial charge < -0.3 is 10.6 Å². The first kappa shape index (κ1) is 17.2. The highest BCUT2D eigenvalue weighted by Gasteiger charge is 2.13. The molecule has 0 bridgehead atoms. The fourth-order valence-corrected chi connectivity index (χ4v) is 2.26. The van der Waals surface area contributed by atoms with Crippen LogP contribution in [-0.2, 0) is 0 Å². The Morgan fingerprint density at radius 3 is 1.85 bits per heavy atom. The number of nitrogens with zero attached hydrogens (tertiary/aromatic N) is 1. The SMILES string of the molecule is CC(C)CCN(CCC(C)C)CC(N)c1ccccc1. The van der Waals surface area contributed by atoms with Crippen molar-refractivity contribution in [3.05, 3.63) is 35.9 Å². The van der Waals surface area contributed by atoms with Crippen molar-refractivity contribution in [3.63, 3.8) is 0 Å². The number of hydrogen-bond acceptors (Lipinski definition) is 2. The van der Waals surface area contributed by atoms with Crippen molar-refractivity contribution >= 4 is 0 Å². The highest BCUT2D eigenvalue weighted by molar-refractivity contribution is 5.18. The first-order valence-electron chi connectivity index (χ1n) is 8.02. The Morgan fingerprint density at radius 1 is 0.900 bits per heavy atom. The van der Waals surface area contributed by atoms with Crippen molar-refractivity contribution < 1.29 is 0 Å². The van der Waals surface area contributed by atoms with E-state index in [1.807, 2.05) is 6.07 Å². The molecule has 0 spiro atoms. The van der Waals surface area contributed by atoms with E-state index < -0.39 is 0 Å². The maximum atomic E-state index is 6.37. The summed E-state index contributed by atoms with van der Waals surface area (Å²) in [6.45, 7) is 12.4.